The number of carbonyl (C=O) groups is 1. The molecular formula is C19H20N6O. The molecule has 132 valence electrons. The van der Waals surface area contributed by atoms with Crippen molar-refractivity contribution in [1.29, 1.82) is 0 Å². The zero-order valence-electron chi connectivity index (χ0n) is 14.5. The SMILES string of the molecule is O=C(C1CCN(c2ccc3nncn3n2)CC1)N1CCc2ccccc21. The fourth-order valence-electron chi connectivity index (χ4n) is 4.03. The average Bonchev–Trinajstić information content (AvgIpc) is 3.34. The van der Waals surface area contributed by atoms with E-state index < -0.39 is 0 Å². The van der Waals surface area contributed by atoms with E-state index in [0.717, 1.165) is 56.0 Å². The van der Waals surface area contributed by atoms with Crippen LogP contribution in [-0.4, -0.2) is 45.4 Å². The van der Waals surface area contributed by atoms with E-state index in [1.807, 2.05) is 29.2 Å². The van der Waals surface area contributed by atoms with Gasteiger partial charge in [-0.1, -0.05) is 18.2 Å². The lowest BCUT2D eigenvalue weighted by Crippen LogP contribution is -2.42. The van der Waals surface area contributed by atoms with Gasteiger partial charge in [0.15, 0.2) is 5.65 Å². The largest absolute Gasteiger partial charge is 0.355 e. The summed E-state index contributed by atoms with van der Waals surface area (Å²) in [6, 6.07) is 12.1. The summed E-state index contributed by atoms with van der Waals surface area (Å²) in [5, 5.41) is 12.4. The molecular weight excluding hydrogens is 328 g/mol. The highest BCUT2D eigenvalue weighted by Crippen LogP contribution is 2.31. The Morgan fingerprint density at radius 2 is 1.88 bits per heavy atom. The van der Waals surface area contributed by atoms with Crippen LogP contribution in [0.25, 0.3) is 5.65 Å². The van der Waals surface area contributed by atoms with Crippen LogP contribution in [0.5, 0.6) is 0 Å². The number of fused-ring (bicyclic) bond motifs is 2. The molecule has 26 heavy (non-hydrogen) atoms. The van der Waals surface area contributed by atoms with Crippen LogP contribution in [0, 0.1) is 5.92 Å². The molecule has 7 heteroatoms. The van der Waals surface area contributed by atoms with Crippen LogP contribution in [0.15, 0.2) is 42.7 Å². The Bertz CT molecular complexity index is 959. The maximum absolute atomic E-state index is 13.0. The first kappa shape index (κ1) is 15.3. The summed E-state index contributed by atoms with van der Waals surface area (Å²) >= 11 is 0. The zero-order chi connectivity index (χ0) is 17.5. The number of para-hydroxylation sites is 1. The second-order valence-electron chi connectivity index (χ2n) is 6.96. The number of rotatable bonds is 2. The molecule has 2 aliphatic heterocycles. The molecule has 0 atom stereocenters. The second kappa shape index (κ2) is 6.09. The molecule has 7 nitrogen and oxygen atoms in total. The Balaban J connectivity index is 1.27. The van der Waals surface area contributed by atoms with Crippen molar-refractivity contribution in [3.8, 4) is 0 Å². The molecule has 0 saturated carbocycles. The van der Waals surface area contributed by atoms with E-state index in [2.05, 4.69) is 32.3 Å². The number of aromatic nitrogens is 4. The van der Waals surface area contributed by atoms with Crippen molar-refractivity contribution in [2.24, 2.45) is 5.92 Å². The molecule has 1 amide bonds. The van der Waals surface area contributed by atoms with Gasteiger partial charge in [0, 0.05) is 31.2 Å². The third-order valence-electron chi connectivity index (χ3n) is 5.47. The molecule has 0 aliphatic carbocycles. The smallest absolute Gasteiger partial charge is 0.230 e. The Labute approximate surface area is 151 Å². The van der Waals surface area contributed by atoms with Crippen LogP contribution in [0.4, 0.5) is 11.5 Å². The minimum atomic E-state index is 0.0936. The van der Waals surface area contributed by atoms with Gasteiger partial charge in [0.1, 0.15) is 12.1 Å². The van der Waals surface area contributed by atoms with E-state index in [1.54, 1.807) is 10.8 Å². The predicted octanol–water partition coefficient (Wildman–Crippen LogP) is 1.93. The van der Waals surface area contributed by atoms with Crippen LogP contribution in [0.3, 0.4) is 0 Å². The summed E-state index contributed by atoms with van der Waals surface area (Å²) in [5.74, 6) is 1.28. The minimum absolute atomic E-state index is 0.0936. The highest BCUT2D eigenvalue weighted by molar-refractivity contribution is 5.97. The first-order chi connectivity index (χ1) is 12.8. The molecule has 1 fully saturated rings. The molecule has 2 aliphatic rings. The Morgan fingerprint density at radius 1 is 1.04 bits per heavy atom. The van der Waals surface area contributed by atoms with E-state index >= 15 is 0 Å². The van der Waals surface area contributed by atoms with Gasteiger partial charge in [0.2, 0.25) is 5.91 Å². The summed E-state index contributed by atoms with van der Waals surface area (Å²) in [6.45, 7) is 2.49. The molecule has 0 radical (unpaired) electrons. The number of nitrogens with zero attached hydrogens (tertiary/aromatic N) is 6. The standard InChI is InChI=1S/C19H20N6O/c26-19(24-12-9-14-3-1-2-4-16(14)24)15-7-10-23(11-8-15)18-6-5-17-21-20-13-25(17)22-18/h1-6,13,15H,7-12H2. The first-order valence-corrected chi connectivity index (χ1v) is 9.11. The second-order valence-corrected chi connectivity index (χ2v) is 6.96. The number of hydrogen-bond acceptors (Lipinski definition) is 5. The quantitative estimate of drug-likeness (QED) is 0.708. The van der Waals surface area contributed by atoms with Crippen molar-refractivity contribution in [3.63, 3.8) is 0 Å². The zero-order valence-corrected chi connectivity index (χ0v) is 14.5. The number of hydrogen-bond donors (Lipinski definition) is 0. The molecule has 1 saturated heterocycles. The van der Waals surface area contributed by atoms with E-state index in [4.69, 9.17) is 0 Å². The lowest BCUT2D eigenvalue weighted by Gasteiger charge is -2.33. The fourth-order valence-corrected chi connectivity index (χ4v) is 4.03. The normalized spacial score (nSPS) is 17.7. The van der Waals surface area contributed by atoms with Crippen LogP contribution in [0.1, 0.15) is 18.4 Å². The molecule has 3 aromatic rings. The van der Waals surface area contributed by atoms with Gasteiger partial charge < -0.3 is 9.80 Å². The van der Waals surface area contributed by atoms with E-state index in [9.17, 15) is 4.79 Å². The highest BCUT2D eigenvalue weighted by Gasteiger charge is 2.32. The Kier molecular flexibility index (Phi) is 3.58. The van der Waals surface area contributed by atoms with Gasteiger partial charge >= 0.3 is 0 Å². The number of piperidine rings is 1. The molecule has 0 spiro atoms. The summed E-state index contributed by atoms with van der Waals surface area (Å²) in [7, 11) is 0. The van der Waals surface area contributed by atoms with Crippen molar-refractivity contribution in [3.05, 3.63) is 48.3 Å². The summed E-state index contributed by atoms with van der Waals surface area (Å²) in [6.07, 6.45) is 4.29. The molecule has 1 aromatic carbocycles. The monoisotopic (exact) mass is 348 g/mol. The molecule has 0 unspecified atom stereocenters. The molecule has 0 bridgehead atoms. The van der Waals surface area contributed by atoms with Crippen molar-refractivity contribution >= 4 is 23.1 Å². The lowest BCUT2D eigenvalue weighted by atomic mass is 9.95. The molecule has 5 rings (SSSR count). The summed E-state index contributed by atoms with van der Waals surface area (Å²) in [4.78, 5) is 17.2. The van der Waals surface area contributed by atoms with Gasteiger partial charge in [-0.15, -0.1) is 15.3 Å². The molecule has 2 aromatic heterocycles. The van der Waals surface area contributed by atoms with Gasteiger partial charge in [0.25, 0.3) is 0 Å². The van der Waals surface area contributed by atoms with Gasteiger partial charge in [-0.05, 0) is 43.0 Å². The molecule has 4 heterocycles. The first-order valence-electron chi connectivity index (χ1n) is 9.11. The van der Waals surface area contributed by atoms with Crippen LogP contribution in [-0.2, 0) is 11.2 Å². The maximum Gasteiger partial charge on any atom is 0.230 e. The van der Waals surface area contributed by atoms with Gasteiger partial charge in [0.05, 0.1) is 0 Å². The van der Waals surface area contributed by atoms with Crippen molar-refractivity contribution < 1.29 is 4.79 Å². The Morgan fingerprint density at radius 3 is 2.77 bits per heavy atom. The van der Waals surface area contributed by atoms with Crippen LogP contribution < -0.4 is 9.80 Å². The topological polar surface area (TPSA) is 66.6 Å². The minimum Gasteiger partial charge on any atom is -0.355 e. The number of carbonyl (C=O) groups excluding carboxylic acids is 1. The van der Waals surface area contributed by atoms with Gasteiger partial charge in [-0.2, -0.15) is 4.52 Å². The van der Waals surface area contributed by atoms with Crippen molar-refractivity contribution in [2.45, 2.75) is 19.3 Å². The third-order valence-corrected chi connectivity index (χ3v) is 5.47. The van der Waals surface area contributed by atoms with Crippen molar-refractivity contribution in [1.82, 2.24) is 19.8 Å². The number of anilines is 2. The Hall–Kier alpha value is -2.96. The van der Waals surface area contributed by atoms with E-state index in [0.29, 0.717) is 0 Å². The lowest BCUT2D eigenvalue weighted by molar-refractivity contribution is -0.122. The van der Waals surface area contributed by atoms with Gasteiger partial charge in [-0.3, -0.25) is 4.79 Å². The molecule has 0 N–H and O–H groups in total. The number of amides is 1. The van der Waals surface area contributed by atoms with Crippen molar-refractivity contribution in [2.75, 3.05) is 29.4 Å². The average molecular weight is 348 g/mol. The predicted molar refractivity (Wildman–Crippen MR) is 98.2 cm³/mol. The fraction of sp³-hybridized carbons (Fsp3) is 0.368. The maximum atomic E-state index is 13.0. The summed E-state index contributed by atoms with van der Waals surface area (Å²) in [5.41, 5.74) is 3.12. The third kappa shape index (κ3) is 2.51. The number of benzene rings is 1. The van der Waals surface area contributed by atoms with E-state index in [-0.39, 0.29) is 11.8 Å². The summed E-state index contributed by atoms with van der Waals surface area (Å²) < 4.78 is 1.69. The van der Waals surface area contributed by atoms with Crippen LogP contribution in [0.2, 0.25) is 0 Å². The van der Waals surface area contributed by atoms with Crippen LogP contribution >= 0.6 is 0 Å². The van der Waals surface area contributed by atoms with E-state index in [1.165, 1.54) is 5.56 Å². The van der Waals surface area contributed by atoms with Gasteiger partial charge in [-0.25, -0.2) is 0 Å². The highest BCUT2D eigenvalue weighted by atomic mass is 16.2.